The first kappa shape index (κ1) is 24.7. The third-order valence-electron chi connectivity index (χ3n) is 5.59. The molecule has 0 atom stereocenters. The Bertz CT molecular complexity index is 1520. The fourth-order valence-corrected chi connectivity index (χ4v) is 5.08. The number of phenols is 1. The van der Waals surface area contributed by atoms with Crippen LogP contribution in [0.4, 0.5) is 5.69 Å². The zero-order valence-electron chi connectivity index (χ0n) is 19.8. The summed E-state index contributed by atoms with van der Waals surface area (Å²) in [5.41, 5.74) is 4.09. The number of rotatable bonds is 8. The predicted molar refractivity (Wildman–Crippen MR) is 140 cm³/mol. The number of sulfonamides is 1. The zero-order valence-corrected chi connectivity index (χ0v) is 20.6. The Hall–Kier alpha value is -4.37. The number of carbonyl (C=O) groups excluding carboxylic acids is 1. The molecule has 0 aliphatic rings. The first-order chi connectivity index (χ1) is 17.3. The molecule has 0 saturated carbocycles. The number of anilines is 1. The van der Waals surface area contributed by atoms with Crippen molar-refractivity contribution in [2.45, 2.75) is 11.8 Å². The van der Waals surface area contributed by atoms with Gasteiger partial charge >= 0.3 is 0 Å². The summed E-state index contributed by atoms with van der Waals surface area (Å²) >= 11 is 0. The Morgan fingerprint density at radius 1 is 1.00 bits per heavy atom. The summed E-state index contributed by atoms with van der Waals surface area (Å²) in [7, 11) is -2.58. The van der Waals surface area contributed by atoms with E-state index in [-0.39, 0.29) is 10.6 Å². The van der Waals surface area contributed by atoms with Crippen LogP contribution in [-0.2, 0) is 14.8 Å². The van der Waals surface area contributed by atoms with Gasteiger partial charge in [0.1, 0.15) is 18.0 Å². The van der Waals surface area contributed by atoms with E-state index in [1.165, 1.54) is 25.5 Å². The zero-order chi connectivity index (χ0) is 25.7. The number of methoxy groups -OCH3 is 1. The van der Waals surface area contributed by atoms with Crippen molar-refractivity contribution in [2.24, 2.45) is 5.10 Å². The molecule has 4 rings (SSSR count). The minimum Gasteiger partial charge on any atom is -0.507 e. The van der Waals surface area contributed by atoms with Gasteiger partial charge in [-0.05, 0) is 60.2 Å². The molecule has 0 bridgehead atoms. The summed E-state index contributed by atoms with van der Waals surface area (Å²) < 4.78 is 33.1. The fraction of sp³-hybridized carbons (Fsp3) is 0.111. The molecule has 0 saturated heterocycles. The van der Waals surface area contributed by atoms with Crippen molar-refractivity contribution in [3.63, 3.8) is 0 Å². The predicted octanol–water partition coefficient (Wildman–Crippen LogP) is 4.21. The van der Waals surface area contributed by atoms with Crippen molar-refractivity contribution in [2.75, 3.05) is 18.0 Å². The highest BCUT2D eigenvalue weighted by atomic mass is 32.2. The summed E-state index contributed by atoms with van der Waals surface area (Å²) in [5, 5.41) is 15.9. The second kappa shape index (κ2) is 10.5. The Morgan fingerprint density at radius 2 is 1.69 bits per heavy atom. The van der Waals surface area contributed by atoms with Gasteiger partial charge in [-0.3, -0.25) is 9.10 Å². The number of hydrogen-bond donors (Lipinski definition) is 2. The molecule has 0 fully saturated rings. The molecule has 0 heterocycles. The number of nitrogens with zero attached hydrogens (tertiary/aromatic N) is 2. The highest BCUT2D eigenvalue weighted by molar-refractivity contribution is 7.92. The van der Waals surface area contributed by atoms with E-state index in [1.54, 1.807) is 48.5 Å². The number of aromatic hydroxyl groups is 1. The second-order valence-corrected chi connectivity index (χ2v) is 9.90. The number of carbonyl (C=O) groups is 1. The van der Waals surface area contributed by atoms with E-state index in [0.717, 1.165) is 20.6 Å². The summed E-state index contributed by atoms with van der Waals surface area (Å²) in [5.74, 6) is -0.127. The Morgan fingerprint density at radius 3 is 2.39 bits per heavy atom. The van der Waals surface area contributed by atoms with Crippen LogP contribution < -0.4 is 14.5 Å². The number of hydrogen-bond acceptors (Lipinski definition) is 6. The first-order valence-electron chi connectivity index (χ1n) is 11.1. The van der Waals surface area contributed by atoms with Gasteiger partial charge in [-0.15, -0.1) is 0 Å². The van der Waals surface area contributed by atoms with Crippen LogP contribution in [0.25, 0.3) is 10.8 Å². The van der Waals surface area contributed by atoms with E-state index in [2.05, 4.69) is 10.5 Å². The highest BCUT2D eigenvalue weighted by Gasteiger charge is 2.27. The number of aryl methyl sites for hydroxylation is 1. The van der Waals surface area contributed by atoms with Gasteiger partial charge in [-0.2, -0.15) is 5.10 Å². The summed E-state index contributed by atoms with van der Waals surface area (Å²) in [6.07, 6.45) is 1.34. The van der Waals surface area contributed by atoms with Crippen LogP contribution in [-0.4, -0.2) is 39.3 Å². The monoisotopic (exact) mass is 503 g/mol. The molecule has 4 aromatic carbocycles. The number of benzene rings is 4. The minimum atomic E-state index is -4.07. The van der Waals surface area contributed by atoms with Crippen LogP contribution in [0.2, 0.25) is 0 Å². The molecule has 0 unspecified atom stereocenters. The SMILES string of the molecule is COc1ccc(S(=O)(=O)N(CC(=O)N/N=C\c2c(O)ccc3ccccc23)c2ccc(C)cc2)cc1. The number of hydrazone groups is 1. The maximum absolute atomic E-state index is 13.5. The lowest BCUT2D eigenvalue weighted by Gasteiger charge is -2.24. The van der Waals surface area contributed by atoms with Crippen LogP contribution in [0.1, 0.15) is 11.1 Å². The van der Waals surface area contributed by atoms with Crippen LogP contribution >= 0.6 is 0 Å². The first-order valence-corrected chi connectivity index (χ1v) is 12.5. The van der Waals surface area contributed by atoms with Crippen molar-refractivity contribution < 1.29 is 23.1 Å². The standard InChI is InChI=1S/C27H25N3O5S/c1-19-7-10-21(11-8-19)30(36(33,34)23-14-12-22(35-2)13-15-23)18-27(32)29-28-17-25-24-6-4-3-5-20(24)9-16-26(25)31/h3-17,31H,18H2,1-2H3,(H,29,32)/b28-17-. The van der Waals surface area contributed by atoms with E-state index in [4.69, 9.17) is 4.74 Å². The van der Waals surface area contributed by atoms with Crippen molar-refractivity contribution >= 4 is 38.6 Å². The van der Waals surface area contributed by atoms with Gasteiger partial charge in [-0.1, -0.05) is 48.0 Å². The molecule has 4 aromatic rings. The molecule has 36 heavy (non-hydrogen) atoms. The van der Waals surface area contributed by atoms with Crippen molar-refractivity contribution in [3.8, 4) is 11.5 Å². The van der Waals surface area contributed by atoms with Gasteiger partial charge in [0, 0.05) is 5.56 Å². The Balaban J connectivity index is 1.59. The molecular formula is C27H25N3O5S. The molecule has 0 spiro atoms. The van der Waals surface area contributed by atoms with Crippen LogP contribution in [0.3, 0.4) is 0 Å². The maximum atomic E-state index is 13.5. The highest BCUT2D eigenvalue weighted by Crippen LogP contribution is 2.26. The number of ether oxygens (including phenoxy) is 1. The van der Waals surface area contributed by atoms with Gasteiger partial charge in [0.25, 0.3) is 15.9 Å². The van der Waals surface area contributed by atoms with Gasteiger partial charge in [0.05, 0.1) is 23.9 Å². The average Bonchev–Trinajstić information content (AvgIpc) is 2.89. The lowest BCUT2D eigenvalue weighted by Crippen LogP contribution is -2.39. The van der Waals surface area contributed by atoms with Crippen LogP contribution in [0, 0.1) is 6.92 Å². The molecule has 1 amide bonds. The molecule has 184 valence electrons. The number of nitrogens with one attached hydrogen (secondary N) is 1. The van der Waals surface area contributed by atoms with Gasteiger partial charge in [0.15, 0.2) is 0 Å². The number of amides is 1. The number of fused-ring (bicyclic) bond motifs is 1. The number of phenolic OH excluding ortho intramolecular Hbond substituents is 1. The third-order valence-corrected chi connectivity index (χ3v) is 7.38. The van der Waals surface area contributed by atoms with Crippen molar-refractivity contribution in [3.05, 3.63) is 96.1 Å². The van der Waals surface area contributed by atoms with E-state index in [9.17, 15) is 18.3 Å². The Labute approximate surface area is 209 Å². The molecular weight excluding hydrogens is 478 g/mol. The Kier molecular flexibility index (Phi) is 7.21. The molecule has 0 radical (unpaired) electrons. The lowest BCUT2D eigenvalue weighted by molar-refractivity contribution is -0.119. The maximum Gasteiger partial charge on any atom is 0.264 e. The summed E-state index contributed by atoms with van der Waals surface area (Å²) in [6.45, 7) is 1.38. The average molecular weight is 504 g/mol. The second-order valence-electron chi connectivity index (χ2n) is 8.04. The fourth-order valence-electron chi connectivity index (χ4n) is 3.66. The van der Waals surface area contributed by atoms with Crippen molar-refractivity contribution in [1.29, 1.82) is 0 Å². The topological polar surface area (TPSA) is 108 Å². The summed E-state index contributed by atoms with van der Waals surface area (Å²) in [6, 6.07) is 23.5. The van der Waals surface area contributed by atoms with Gasteiger partial charge in [0.2, 0.25) is 0 Å². The smallest absolute Gasteiger partial charge is 0.264 e. The molecule has 8 nitrogen and oxygen atoms in total. The van der Waals surface area contributed by atoms with E-state index >= 15 is 0 Å². The van der Waals surface area contributed by atoms with Crippen LogP contribution in [0.15, 0.2) is 94.9 Å². The third kappa shape index (κ3) is 5.31. The molecule has 0 aliphatic carbocycles. The largest absolute Gasteiger partial charge is 0.507 e. The normalized spacial score (nSPS) is 11.5. The summed E-state index contributed by atoms with van der Waals surface area (Å²) in [4.78, 5) is 12.8. The van der Waals surface area contributed by atoms with Crippen molar-refractivity contribution in [1.82, 2.24) is 5.43 Å². The molecule has 2 N–H and O–H groups in total. The quantitative estimate of drug-likeness (QED) is 0.277. The molecule has 9 heteroatoms. The molecule has 0 aromatic heterocycles. The van der Waals surface area contributed by atoms with E-state index < -0.39 is 22.5 Å². The van der Waals surface area contributed by atoms with Gasteiger partial charge in [-0.25, -0.2) is 13.8 Å². The van der Waals surface area contributed by atoms with Crippen LogP contribution in [0.5, 0.6) is 11.5 Å². The molecule has 0 aliphatic heterocycles. The van der Waals surface area contributed by atoms with E-state index in [0.29, 0.717) is 17.0 Å². The van der Waals surface area contributed by atoms with E-state index in [1.807, 2.05) is 31.2 Å². The lowest BCUT2D eigenvalue weighted by atomic mass is 10.0. The minimum absolute atomic E-state index is 0.00932. The van der Waals surface area contributed by atoms with Gasteiger partial charge < -0.3 is 9.84 Å².